The fourth-order valence-corrected chi connectivity index (χ4v) is 1.90. The van der Waals surface area contributed by atoms with Crippen molar-refractivity contribution in [2.24, 2.45) is 0 Å². The first kappa shape index (κ1) is 12.9. The molecule has 1 aromatic heterocycles. The molecule has 0 amide bonds. The number of ether oxygens (including phenoxy) is 1. The van der Waals surface area contributed by atoms with E-state index >= 15 is 0 Å². The lowest BCUT2D eigenvalue weighted by Gasteiger charge is -2.10. The van der Waals surface area contributed by atoms with Crippen LogP contribution in [-0.4, -0.2) is 22.0 Å². The molecular formula is C13H16ClN3O. The first-order valence-corrected chi connectivity index (χ1v) is 6.43. The van der Waals surface area contributed by atoms with Crippen LogP contribution >= 0.6 is 11.6 Å². The van der Waals surface area contributed by atoms with E-state index in [1.54, 1.807) is 6.20 Å². The Bertz CT molecular complexity index is 485. The molecule has 0 aliphatic heterocycles. The van der Waals surface area contributed by atoms with Crippen LogP contribution in [-0.2, 0) is 12.8 Å². The van der Waals surface area contributed by atoms with Crippen LogP contribution in [0.2, 0.25) is 5.02 Å². The van der Waals surface area contributed by atoms with Crippen LogP contribution in [0.15, 0.2) is 24.4 Å². The molecule has 0 spiro atoms. The highest BCUT2D eigenvalue weighted by Crippen LogP contribution is 2.24. The Morgan fingerprint density at radius 3 is 2.94 bits per heavy atom. The highest BCUT2D eigenvalue weighted by Gasteiger charge is 2.06. The summed E-state index contributed by atoms with van der Waals surface area (Å²) in [5.74, 6) is 0.907. The van der Waals surface area contributed by atoms with Crippen LogP contribution < -0.4 is 4.74 Å². The molecule has 2 rings (SSSR count). The van der Waals surface area contributed by atoms with Gasteiger partial charge in [0.2, 0.25) is 0 Å². The minimum absolute atomic E-state index is 0.721. The molecule has 0 aliphatic carbocycles. The van der Waals surface area contributed by atoms with Gasteiger partial charge >= 0.3 is 0 Å². The first-order valence-electron chi connectivity index (χ1n) is 6.05. The van der Waals surface area contributed by atoms with Gasteiger partial charge in [-0.25, -0.2) is 0 Å². The van der Waals surface area contributed by atoms with Gasteiger partial charge in [0.15, 0.2) is 0 Å². The molecule has 0 saturated carbocycles. The van der Waals surface area contributed by atoms with E-state index in [0.717, 1.165) is 47.9 Å². The van der Waals surface area contributed by atoms with Crippen LogP contribution in [0.5, 0.6) is 5.75 Å². The molecule has 0 unspecified atom stereocenters. The standard InChI is InChI=1S/C13H16ClN3O/c1-2-7-18-13-6-4-11(14)8-10(13)3-5-12-9-15-17-16-12/h4,6,8-9H,2-3,5,7H2,1H3,(H,15,16,17). The van der Waals surface area contributed by atoms with Crippen molar-refractivity contribution < 1.29 is 4.74 Å². The molecule has 0 aliphatic rings. The zero-order valence-corrected chi connectivity index (χ0v) is 11.1. The molecule has 0 atom stereocenters. The summed E-state index contributed by atoms with van der Waals surface area (Å²) in [5, 5.41) is 11.2. The van der Waals surface area contributed by atoms with E-state index in [0.29, 0.717) is 0 Å². The Balaban J connectivity index is 2.06. The quantitative estimate of drug-likeness (QED) is 0.873. The van der Waals surface area contributed by atoms with Crippen LogP contribution in [0.1, 0.15) is 24.6 Å². The van der Waals surface area contributed by atoms with E-state index in [9.17, 15) is 0 Å². The van der Waals surface area contributed by atoms with E-state index in [4.69, 9.17) is 16.3 Å². The van der Waals surface area contributed by atoms with Crippen molar-refractivity contribution in [1.82, 2.24) is 15.4 Å². The number of aryl methyl sites for hydroxylation is 2. The summed E-state index contributed by atoms with van der Waals surface area (Å²) in [7, 11) is 0. The van der Waals surface area contributed by atoms with Gasteiger partial charge in [0.1, 0.15) is 5.75 Å². The van der Waals surface area contributed by atoms with Crippen molar-refractivity contribution in [1.29, 1.82) is 0 Å². The monoisotopic (exact) mass is 265 g/mol. The average Bonchev–Trinajstić information content (AvgIpc) is 2.88. The number of nitrogens with one attached hydrogen (secondary N) is 1. The van der Waals surface area contributed by atoms with Gasteiger partial charge in [0, 0.05) is 5.02 Å². The van der Waals surface area contributed by atoms with Crippen LogP contribution in [0.3, 0.4) is 0 Å². The highest BCUT2D eigenvalue weighted by atomic mass is 35.5. The number of H-pyrrole nitrogens is 1. The van der Waals surface area contributed by atoms with E-state index < -0.39 is 0 Å². The van der Waals surface area contributed by atoms with Crippen molar-refractivity contribution >= 4 is 11.6 Å². The van der Waals surface area contributed by atoms with Gasteiger partial charge in [0.05, 0.1) is 18.5 Å². The van der Waals surface area contributed by atoms with Gasteiger partial charge in [-0.3, -0.25) is 0 Å². The molecule has 0 fully saturated rings. The zero-order chi connectivity index (χ0) is 12.8. The summed E-state index contributed by atoms with van der Waals surface area (Å²) >= 11 is 6.02. The van der Waals surface area contributed by atoms with Gasteiger partial charge in [-0.05, 0) is 43.0 Å². The SMILES string of the molecule is CCCOc1ccc(Cl)cc1CCc1cn[nH]n1. The van der Waals surface area contributed by atoms with Crippen molar-refractivity contribution in [3.8, 4) is 5.75 Å². The molecule has 18 heavy (non-hydrogen) atoms. The molecule has 2 aromatic rings. The average molecular weight is 266 g/mol. The van der Waals surface area contributed by atoms with E-state index in [1.165, 1.54) is 0 Å². The third-order valence-corrected chi connectivity index (χ3v) is 2.83. The Hall–Kier alpha value is -1.55. The second kappa shape index (κ2) is 6.40. The number of hydrogen-bond donors (Lipinski definition) is 1. The van der Waals surface area contributed by atoms with Gasteiger partial charge in [0.25, 0.3) is 0 Å². The molecule has 0 radical (unpaired) electrons. The predicted octanol–water partition coefficient (Wildman–Crippen LogP) is 3.03. The number of aromatic amines is 1. The number of halogens is 1. The third kappa shape index (κ3) is 3.47. The summed E-state index contributed by atoms with van der Waals surface area (Å²) in [6, 6.07) is 5.73. The molecule has 1 heterocycles. The molecular weight excluding hydrogens is 250 g/mol. The van der Waals surface area contributed by atoms with Crippen molar-refractivity contribution in [3.63, 3.8) is 0 Å². The smallest absolute Gasteiger partial charge is 0.122 e. The minimum atomic E-state index is 0.721. The van der Waals surface area contributed by atoms with E-state index in [2.05, 4.69) is 22.3 Å². The Kier molecular flexibility index (Phi) is 4.59. The molecule has 1 aromatic carbocycles. The highest BCUT2D eigenvalue weighted by molar-refractivity contribution is 6.30. The Morgan fingerprint density at radius 1 is 1.33 bits per heavy atom. The summed E-state index contributed by atoms with van der Waals surface area (Å²) < 4.78 is 5.71. The zero-order valence-electron chi connectivity index (χ0n) is 10.3. The number of hydrogen-bond acceptors (Lipinski definition) is 3. The van der Waals surface area contributed by atoms with Gasteiger partial charge in [-0.2, -0.15) is 15.4 Å². The lowest BCUT2D eigenvalue weighted by Crippen LogP contribution is -2.00. The van der Waals surface area contributed by atoms with Crippen molar-refractivity contribution in [3.05, 3.63) is 40.7 Å². The Morgan fingerprint density at radius 2 is 2.22 bits per heavy atom. The number of aromatic nitrogens is 3. The van der Waals surface area contributed by atoms with E-state index in [1.807, 2.05) is 18.2 Å². The van der Waals surface area contributed by atoms with Crippen LogP contribution in [0.25, 0.3) is 0 Å². The predicted molar refractivity (Wildman–Crippen MR) is 71.0 cm³/mol. The molecule has 1 N–H and O–H groups in total. The normalized spacial score (nSPS) is 10.6. The van der Waals surface area contributed by atoms with Crippen LogP contribution in [0, 0.1) is 0 Å². The number of nitrogens with zero attached hydrogens (tertiary/aromatic N) is 2. The molecule has 0 bridgehead atoms. The number of benzene rings is 1. The molecule has 5 heteroatoms. The maximum atomic E-state index is 6.02. The first-order chi connectivity index (χ1) is 8.79. The summed E-state index contributed by atoms with van der Waals surface area (Å²) in [6.07, 6.45) is 4.38. The molecule has 96 valence electrons. The fraction of sp³-hybridized carbons (Fsp3) is 0.385. The lowest BCUT2D eigenvalue weighted by molar-refractivity contribution is 0.314. The lowest BCUT2D eigenvalue weighted by atomic mass is 10.1. The summed E-state index contributed by atoms with van der Waals surface area (Å²) in [5.41, 5.74) is 2.05. The van der Waals surface area contributed by atoms with Crippen LogP contribution in [0.4, 0.5) is 0 Å². The van der Waals surface area contributed by atoms with Crippen molar-refractivity contribution in [2.45, 2.75) is 26.2 Å². The molecule has 4 nitrogen and oxygen atoms in total. The summed E-state index contributed by atoms with van der Waals surface area (Å²) in [4.78, 5) is 0. The largest absolute Gasteiger partial charge is 0.493 e. The topological polar surface area (TPSA) is 50.8 Å². The van der Waals surface area contributed by atoms with Gasteiger partial charge in [-0.1, -0.05) is 18.5 Å². The fourth-order valence-electron chi connectivity index (χ4n) is 1.70. The maximum absolute atomic E-state index is 6.02. The second-order valence-electron chi connectivity index (χ2n) is 4.06. The summed E-state index contributed by atoms with van der Waals surface area (Å²) in [6.45, 7) is 2.81. The maximum Gasteiger partial charge on any atom is 0.122 e. The number of rotatable bonds is 6. The van der Waals surface area contributed by atoms with Gasteiger partial charge in [-0.15, -0.1) is 0 Å². The molecule has 0 saturated heterocycles. The van der Waals surface area contributed by atoms with Crippen molar-refractivity contribution in [2.75, 3.05) is 6.61 Å². The van der Waals surface area contributed by atoms with Gasteiger partial charge < -0.3 is 4.74 Å². The van der Waals surface area contributed by atoms with E-state index in [-0.39, 0.29) is 0 Å². The minimum Gasteiger partial charge on any atom is -0.493 e. The third-order valence-electron chi connectivity index (χ3n) is 2.60. The second-order valence-corrected chi connectivity index (χ2v) is 4.50. The Labute approximate surface area is 111 Å².